The molecule has 0 saturated carbocycles. The van der Waals surface area contributed by atoms with Crippen LogP contribution in [0.4, 0.5) is 0 Å². The molecule has 0 bridgehead atoms. The molecule has 0 aliphatic heterocycles. The number of aryl methyl sites for hydroxylation is 1. The first kappa shape index (κ1) is 19.6. The number of hydrogen-bond acceptors (Lipinski definition) is 9. The largest absolute Gasteiger partial charge is 0.417 e. The highest BCUT2D eigenvalue weighted by molar-refractivity contribution is 6.32. The first-order valence-electron chi connectivity index (χ1n) is 9.30. The highest BCUT2D eigenvalue weighted by Crippen LogP contribution is 2.27. The maximum atomic E-state index is 11.5. The summed E-state index contributed by atoms with van der Waals surface area (Å²) in [5.41, 5.74) is 0.864. The van der Waals surface area contributed by atoms with Gasteiger partial charge in [-0.3, -0.25) is 9.36 Å². The fourth-order valence-electron chi connectivity index (χ4n) is 2.94. The van der Waals surface area contributed by atoms with E-state index in [1.165, 1.54) is 12.3 Å². The minimum atomic E-state index is -0.269. The monoisotopic (exact) mass is 448 g/mol. The van der Waals surface area contributed by atoms with Crippen LogP contribution in [-0.2, 0) is 0 Å². The van der Waals surface area contributed by atoms with E-state index in [0.29, 0.717) is 33.7 Å². The lowest BCUT2D eigenvalue weighted by atomic mass is 10.3. The summed E-state index contributed by atoms with van der Waals surface area (Å²) in [5.74, 6) is 1.83. The molecule has 0 atom stereocenters. The Morgan fingerprint density at radius 2 is 1.94 bits per heavy atom. The summed E-state index contributed by atoms with van der Waals surface area (Å²) in [6.07, 6.45) is 4.71. The zero-order chi connectivity index (χ0) is 22.1. The predicted octanol–water partition coefficient (Wildman–Crippen LogP) is 3.19. The molecule has 1 aromatic carbocycles. The summed E-state index contributed by atoms with van der Waals surface area (Å²) in [6.45, 7) is 1.71. The summed E-state index contributed by atoms with van der Waals surface area (Å²) in [5, 5.41) is 20.7. The van der Waals surface area contributed by atoms with Crippen molar-refractivity contribution in [2.75, 3.05) is 0 Å². The Bertz CT molecular complexity index is 1500. The molecule has 5 rings (SSSR count). The molecule has 0 saturated heterocycles. The summed E-state index contributed by atoms with van der Waals surface area (Å²) < 4.78 is 12.6. The highest BCUT2D eigenvalue weighted by atomic mass is 35.5. The lowest BCUT2D eigenvalue weighted by Crippen LogP contribution is -2.01. The zero-order valence-corrected chi connectivity index (χ0v) is 17.2. The number of H-pyrrole nitrogens is 1. The summed E-state index contributed by atoms with van der Waals surface area (Å²) in [6, 6.07) is 10.2. The van der Waals surface area contributed by atoms with Gasteiger partial charge in [0.05, 0.1) is 10.7 Å². The van der Waals surface area contributed by atoms with Gasteiger partial charge >= 0.3 is 0 Å². The molecule has 158 valence electrons. The Labute approximate surface area is 184 Å². The minimum absolute atomic E-state index is 0.198. The molecule has 0 spiro atoms. The normalized spacial score (nSPS) is 11.4. The molecule has 0 fully saturated rings. The van der Waals surface area contributed by atoms with Crippen molar-refractivity contribution in [3.05, 3.63) is 75.5 Å². The quantitative estimate of drug-likeness (QED) is 0.428. The molecule has 4 aromatic heterocycles. The Morgan fingerprint density at radius 3 is 2.72 bits per heavy atom. The van der Waals surface area contributed by atoms with Gasteiger partial charge in [-0.05, 0) is 31.2 Å². The molecule has 0 amide bonds. The summed E-state index contributed by atoms with van der Waals surface area (Å²) in [4.78, 5) is 18.3. The van der Waals surface area contributed by atoms with Gasteiger partial charge in [0.2, 0.25) is 23.2 Å². The fourth-order valence-corrected chi connectivity index (χ4v) is 3.16. The van der Waals surface area contributed by atoms with Crippen LogP contribution in [0.3, 0.4) is 0 Å². The highest BCUT2D eigenvalue weighted by Gasteiger charge is 2.20. The van der Waals surface area contributed by atoms with Gasteiger partial charge in [0.15, 0.2) is 11.6 Å². The minimum Gasteiger partial charge on any atom is -0.417 e. The van der Waals surface area contributed by atoms with Crippen LogP contribution in [0, 0.1) is 6.92 Å². The number of nitrogens with one attached hydrogen (secondary N) is 1. The standard InChI is InChI=1S/C20H13ClN8O3/c1-11-23-20(32-28-11)18-26-24-15(29(18)14-5-3-2-4-13(14)21)6-7-17-25-27-19(31-17)12-8-9-22-16(30)10-12/h2-10H,1H3,(H,22,30)/b7-6+. The van der Waals surface area contributed by atoms with E-state index >= 15 is 0 Å². The number of hydrogen-bond donors (Lipinski definition) is 1. The van der Waals surface area contributed by atoms with Gasteiger partial charge in [-0.1, -0.05) is 28.9 Å². The molecule has 0 radical (unpaired) electrons. The van der Waals surface area contributed by atoms with Crippen molar-refractivity contribution in [2.24, 2.45) is 0 Å². The topological polar surface area (TPSA) is 141 Å². The van der Waals surface area contributed by atoms with Crippen LogP contribution >= 0.6 is 11.6 Å². The number of aromatic nitrogens is 8. The van der Waals surface area contributed by atoms with Gasteiger partial charge in [0, 0.05) is 23.9 Å². The zero-order valence-electron chi connectivity index (χ0n) is 16.4. The van der Waals surface area contributed by atoms with Gasteiger partial charge in [-0.2, -0.15) is 4.98 Å². The molecule has 0 aliphatic carbocycles. The average molecular weight is 449 g/mol. The van der Waals surface area contributed by atoms with Crippen molar-refractivity contribution in [1.82, 2.24) is 40.1 Å². The lowest BCUT2D eigenvalue weighted by Gasteiger charge is -2.08. The molecular formula is C20H13ClN8O3. The third-order valence-corrected chi connectivity index (χ3v) is 4.66. The maximum Gasteiger partial charge on any atom is 0.296 e. The Kier molecular flexibility index (Phi) is 4.92. The smallest absolute Gasteiger partial charge is 0.296 e. The number of benzene rings is 1. The van der Waals surface area contributed by atoms with E-state index in [1.807, 2.05) is 18.2 Å². The van der Waals surface area contributed by atoms with Crippen LogP contribution in [0.1, 0.15) is 17.5 Å². The lowest BCUT2D eigenvalue weighted by molar-refractivity contribution is 0.422. The van der Waals surface area contributed by atoms with Crippen molar-refractivity contribution in [1.29, 1.82) is 0 Å². The first-order valence-corrected chi connectivity index (χ1v) is 9.68. The van der Waals surface area contributed by atoms with Crippen LogP contribution in [0.5, 0.6) is 0 Å². The molecule has 5 aromatic rings. The second kappa shape index (κ2) is 8.04. The second-order valence-corrected chi connectivity index (χ2v) is 6.94. The van der Waals surface area contributed by atoms with Crippen molar-refractivity contribution >= 4 is 23.8 Å². The van der Waals surface area contributed by atoms with Crippen LogP contribution in [0.25, 0.3) is 41.0 Å². The van der Waals surface area contributed by atoms with E-state index in [2.05, 4.69) is 35.5 Å². The second-order valence-electron chi connectivity index (χ2n) is 6.54. The molecule has 12 heteroatoms. The summed E-state index contributed by atoms with van der Waals surface area (Å²) >= 11 is 6.42. The van der Waals surface area contributed by atoms with Crippen LogP contribution in [0.2, 0.25) is 5.02 Å². The van der Waals surface area contributed by atoms with Gasteiger partial charge in [-0.25, -0.2) is 0 Å². The summed E-state index contributed by atoms with van der Waals surface area (Å²) in [7, 11) is 0. The van der Waals surface area contributed by atoms with E-state index in [-0.39, 0.29) is 23.2 Å². The van der Waals surface area contributed by atoms with Crippen LogP contribution < -0.4 is 5.56 Å². The first-order chi connectivity index (χ1) is 15.6. The number of nitrogens with zero attached hydrogens (tertiary/aromatic N) is 7. The van der Waals surface area contributed by atoms with Gasteiger partial charge in [0.25, 0.3) is 5.89 Å². The molecule has 1 N–H and O–H groups in total. The van der Waals surface area contributed by atoms with Crippen LogP contribution in [-0.4, -0.2) is 40.1 Å². The Hall–Kier alpha value is -4.38. The van der Waals surface area contributed by atoms with Crippen molar-refractivity contribution in [2.45, 2.75) is 6.92 Å². The SMILES string of the molecule is Cc1noc(-c2nnc(/C=C/c3nnc(-c4cc[nH]c(=O)c4)o3)n2-c2ccccc2Cl)n1. The number of rotatable bonds is 5. The third kappa shape index (κ3) is 3.72. The van der Waals surface area contributed by atoms with Gasteiger partial charge in [0.1, 0.15) is 0 Å². The molecule has 0 unspecified atom stereocenters. The van der Waals surface area contributed by atoms with E-state index in [9.17, 15) is 4.79 Å². The van der Waals surface area contributed by atoms with E-state index < -0.39 is 0 Å². The van der Waals surface area contributed by atoms with Crippen molar-refractivity contribution < 1.29 is 8.94 Å². The molecule has 32 heavy (non-hydrogen) atoms. The van der Waals surface area contributed by atoms with Crippen molar-refractivity contribution in [3.63, 3.8) is 0 Å². The molecular weight excluding hydrogens is 436 g/mol. The number of aromatic amines is 1. The molecule has 0 aliphatic rings. The van der Waals surface area contributed by atoms with Crippen LogP contribution in [0.15, 0.2) is 56.3 Å². The number of halogens is 1. The van der Waals surface area contributed by atoms with E-state index in [1.54, 1.807) is 35.8 Å². The van der Waals surface area contributed by atoms with E-state index in [0.717, 1.165) is 0 Å². The van der Waals surface area contributed by atoms with E-state index in [4.69, 9.17) is 20.5 Å². The van der Waals surface area contributed by atoms with Gasteiger partial charge < -0.3 is 13.9 Å². The Balaban J connectivity index is 1.54. The van der Waals surface area contributed by atoms with Crippen molar-refractivity contribution in [3.8, 4) is 28.9 Å². The number of para-hydroxylation sites is 1. The molecule has 4 heterocycles. The predicted molar refractivity (Wildman–Crippen MR) is 114 cm³/mol. The average Bonchev–Trinajstić information content (AvgIpc) is 3.52. The molecule has 11 nitrogen and oxygen atoms in total. The number of pyridine rings is 1. The van der Waals surface area contributed by atoms with Gasteiger partial charge in [-0.15, -0.1) is 20.4 Å². The Morgan fingerprint density at radius 1 is 1.06 bits per heavy atom. The third-order valence-electron chi connectivity index (χ3n) is 4.34. The maximum absolute atomic E-state index is 11.5. The fraction of sp³-hybridized carbons (Fsp3) is 0.0500.